The number of carbonyl (C=O) groups is 1. The van der Waals surface area contributed by atoms with Gasteiger partial charge in [-0.05, 0) is 11.0 Å². The Morgan fingerprint density at radius 3 is 2.54 bits per heavy atom. The lowest BCUT2D eigenvalue weighted by Gasteiger charge is -2.16. The maximum atomic E-state index is 12.6. The average molecular weight is 509 g/mol. The van der Waals surface area contributed by atoms with E-state index in [2.05, 4.69) is 15.3 Å². The molecule has 2 heterocycles. The lowest BCUT2D eigenvalue weighted by atomic mass is 10.3. The first kappa shape index (κ1) is 25.4. The van der Waals surface area contributed by atoms with Crippen molar-refractivity contribution in [1.29, 1.82) is 0 Å². The number of esters is 1. The monoisotopic (exact) mass is 509 g/mol. The SMILES string of the molecule is CC(=O)OCC(COS(=O)(=O)c1ccccc1[N+](=O)[O-])n1cc(Cn2c([N+](=O)[O-])cnc2C)nn1. The fourth-order valence-corrected chi connectivity index (χ4v) is 4.10. The lowest BCUT2D eigenvalue weighted by molar-refractivity contribution is -0.392. The van der Waals surface area contributed by atoms with E-state index in [1.54, 1.807) is 6.92 Å². The summed E-state index contributed by atoms with van der Waals surface area (Å²) in [5.74, 6) is -0.546. The summed E-state index contributed by atoms with van der Waals surface area (Å²) in [7, 11) is -4.56. The summed E-state index contributed by atoms with van der Waals surface area (Å²) < 4.78 is 37.7. The first-order valence-corrected chi connectivity index (χ1v) is 11.2. The minimum absolute atomic E-state index is 0.0577. The van der Waals surface area contributed by atoms with Crippen LogP contribution in [0.5, 0.6) is 0 Å². The summed E-state index contributed by atoms with van der Waals surface area (Å²) >= 11 is 0. The second-order valence-corrected chi connectivity index (χ2v) is 8.70. The van der Waals surface area contributed by atoms with Crippen LogP contribution in [0, 0.1) is 27.2 Å². The summed E-state index contributed by atoms with van der Waals surface area (Å²) in [6.45, 7) is 1.71. The molecule has 186 valence electrons. The molecule has 3 aromatic rings. The topological polar surface area (TPSA) is 204 Å². The van der Waals surface area contributed by atoms with E-state index in [1.165, 1.54) is 27.6 Å². The summed E-state index contributed by atoms with van der Waals surface area (Å²) in [6.07, 6.45) is 2.48. The van der Waals surface area contributed by atoms with Gasteiger partial charge in [0.05, 0.1) is 17.7 Å². The standard InChI is InChI=1S/C18H19N7O9S/c1-12-19-7-18(25(29)30)22(12)8-14-9-23(21-20-14)15(10-33-13(2)26)11-34-35(31,32)17-6-4-3-5-16(17)24(27)28/h3-7,9,15H,8,10-11H2,1-2H3. The van der Waals surface area contributed by atoms with Crippen molar-refractivity contribution in [3.8, 4) is 0 Å². The number of hydrogen-bond acceptors (Lipinski definition) is 12. The van der Waals surface area contributed by atoms with Gasteiger partial charge in [0.1, 0.15) is 31.1 Å². The highest BCUT2D eigenvalue weighted by Crippen LogP contribution is 2.25. The van der Waals surface area contributed by atoms with Gasteiger partial charge in [0.25, 0.3) is 5.69 Å². The molecule has 0 saturated heterocycles. The highest BCUT2D eigenvalue weighted by atomic mass is 32.2. The molecule has 0 fully saturated rings. The number of benzene rings is 1. The molecule has 1 atom stereocenters. The van der Waals surface area contributed by atoms with Crippen molar-refractivity contribution in [2.75, 3.05) is 13.2 Å². The molecule has 3 rings (SSSR count). The van der Waals surface area contributed by atoms with Crippen LogP contribution in [0.1, 0.15) is 24.5 Å². The zero-order valence-corrected chi connectivity index (χ0v) is 19.2. The van der Waals surface area contributed by atoms with Gasteiger partial charge in [-0.15, -0.1) is 5.10 Å². The van der Waals surface area contributed by atoms with Crippen LogP contribution in [0.25, 0.3) is 0 Å². The maximum absolute atomic E-state index is 12.6. The third-order valence-corrected chi connectivity index (χ3v) is 6.03. The molecule has 0 N–H and O–H groups in total. The molecule has 0 radical (unpaired) electrons. The molecule has 0 aliphatic heterocycles. The Balaban J connectivity index is 1.82. The first-order valence-electron chi connectivity index (χ1n) is 9.83. The smallest absolute Gasteiger partial charge is 0.343 e. The van der Waals surface area contributed by atoms with Crippen LogP contribution in [0.4, 0.5) is 11.5 Å². The number of rotatable bonds is 11. The Kier molecular flexibility index (Phi) is 7.50. The van der Waals surface area contributed by atoms with Crippen molar-refractivity contribution in [2.24, 2.45) is 0 Å². The minimum atomic E-state index is -4.56. The van der Waals surface area contributed by atoms with E-state index in [9.17, 15) is 33.4 Å². The molecule has 1 aromatic carbocycles. The second kappa shape index (κ2) is 10.3. The van der Waals surface area contributed by atoms with Crippen molar-refractivity contribution in [3.05, 3.63) is 68.4 Å². The molecule has 35 heavy (non-hydrogen) atoms. The number of carbonyl (C=O) groups excluding carboxylic acids is 1. The largest absolute Gasteiger partial charge is 0.463 e. The van der Waals surface area contributed by atoms with E-state index in [0.717, 1.165) is 25.3 Å². The summed E-state index contributed by atoms with van der Waals surface area (Å²) in [5, 5.41) is 30.2. The molecule has 0 amide bonds. The molecule has 0 saturated carbocycles. The average Bonchev–Trinajstić information content (AvgIpc) is 3.41. The van der Waals surface area contributed by atoms with Crippen molar-refractivity contribution in [2.45, 2.75) is 31.3 Å². The molecule has 0 aliphatic carbocycles. The van der Waals surface area contributed by atoms with Gasteiger partial charge in [0.15, 0.2) is 10.7 Å². The molecule has 1 unspecified atom stereocenters. The molecule has 17 heteroatoms. The van der Waals surface area contributed by atoms with Crippen molar-refractivity contribution in [3.63, 3.8) is 0 Å². The zero-order chi connectivity index (χ0) is 25.8. The van der Waals surface area contributed by atoms with Gasteiger partial charge in [-0.3, -0.25) is 19.1 Å². The summed E-state index contributed by atoms with van der Waals surface area (Å²) in [4.78, 5) is 35.5. The number of nitrogens with zero attached hydrogens (tertiary/aromatic N) is 7. The highest BCUT2D eigenvalue weighted by Gasteiger charge is 2.28. The van der Waals surface area contributed by atoms with Crippen molar-refractivity contribution in [1.82, 2.24) is 24.5 Å². The normalized spacial score (nSPS) is 12.3. The van der Waals surface area contributed by atoms with Crippen LogP contribution >= 0.6 is 0 Å². The van der Waals surface area contributed by atoms with Gasteiger partial charge >= 0.3 is 21.9 Å². The van der Waals surface area contributed by atoms with Gasteiger partial charge in [-0.1, -0.05) is 17.3 Å². The van der Waals surface area contributed by atoms with Crippen molar-refractivity contribution >= 4 is 27.6 Å². The van der Waals surface area contributed by atoms with Gasteiger partial charge in [-0.25, -0.2) is 14.2 Å². The predicted octanol–water partition coefficient (Wildman–Crippen LogP) is 1.16. The van der Waals surface area contributed by atoms with E-state index in [0.29, 0.717) is 5.82 Å². The van der Waals surface area contributed by atoms with E-state index >= 15 is 0 Å². The zero-order valence-electron chi connectivity index (χ0n) is 18.4. The van der Waals surface area contributed by atoms with E-state index in [-0.39, 0.29) is 24.7 Å². The second-order valence-electron chi connectivity index (χ2n) is 7.12. The third kappa shape index (κ3) is 6.01. The van der Waals surface area contributed by atoms with Crippen LogP contribution in [0.15, 0.2) is 41.6 Å². The molecule has 0 spiro atoms. The number of aryl methyl sites for hydroxylation is 1. The van der Waals surface area contributed by atoms with Gasteiger partial charge in [0, 0.05) is 19.9 Å². The number of para-hydroxylation sites is 1. The van der Waals surface area contributed by atoms with Gasteiger partial charge < -0.3 is 14.9 Å². The van der Waals surface area contributed by atoms with E-state index < -0.39 is 49.2 Å². The van der Waals surface area contributed by atoms with Crippen LogP contribution in [-0.2, 0) is 30.4 Å². The van der Waals surface area contributed by atoms with Crippen LogP contribution in [-0.4, -0.2) is 62.0 Å². The number of hydrogen-bond donors (Lipinski definition) is 0. The third-order valence-electron chi connectivity index (χ3n) is 4.70. The van der Waals surface area contributed by atoms with Crippen LogP contribution in [0.3, 0.4) is 0 Å². The van der Waals surface area contributed by atoms with Gasteiger partial charge in [0.2, 0.25) is 0 Å². The van der Waals surface area contributed by atoms with Crippen LogP contribution in [0.2, 0.25) is 0 Å². The molecular formula is C18H19N7O9S. The maximum Gasteiger partial charge on any atom is 0.343 e. The predicted molar refractivity (Wildman–Crippen MR) is 115 cm³/mol. The summed E-state index contributed by atoms with van der Waals surface area (Å²) in [5.41, 5.74) is -0.395. The Hall–Kier alpha value is -4.25. The number of aromatic nitrogens is 5. The van der Waals surface area contributed by atoms with Crippen molar-refractivity contribution < 1.29 is 32.0 Å². The number of nitro benzene ring substituents is 1. The van der Waals surface area contributed by atoms with E-state index in [4.69, 9.17) is 8.92 Å². The first-order chi connectivity index (χ1) is 16.5. The van der Waals surface area contributed by atoms with Crippen LogP contribution < -0.4 is 0 Å². The Morgan fingerprint density at radius 2 is 1.89 bits per heavy atom. The molecule has 0 bridgehead atoms. The number of imidazole rings is 1. The fraction of sp³-hybridized carbons (Fsp3) is 0.333. The molecule has 2 aromatic heterocycles. The lowest BCUT2D eigenvalue weighted by Crippen LogP contribution is -2.24. The fourth-order valence-electron chi connectivity index (χ4n) is 2.99. The molecular weight excluding hydrogens is 490 g/mol. The van der Waals surface area contributed by atoms with E-state index in [1.807, 2.05) is 0 Å². The number of nitro groups is 2. The minimum Gasteiger partial charge on any atom is -0.463 e. The molecule has 16 nitrogen and oxygen atoms in total. The highest BCUT2D eigenvalue weighted by molar-refractivity contribution is 7.87. The quantitative estimate of drug-likeness (QED) is 0.154. The summed E-state index contributed by atoms with van der Waals surface area (Å²) in [6, 6.07) is 3.68. The Bertz CT molecular complexity index is 1370. The van der Waals surface area contributed by atoms with Gasteiger partial charge in [-0.2, -0.15) is 8.42 Å². The Morgan fingerprint density at radius 1 is 1.17 bits per heavy atom. The Labute approximate surface area is 197 Å². The number of ether oxygens (including phenoxy) is 1. The molecule has 0 aliphatic rings.